The number of rotatable bonds is 2. The van der Waals surface area contributed by atoms with Crippen LogP contribution >= 0.6 is 0 Å². The SMILES string of the molecule is CN1CCCCC(CN)C1c1cccc(F)c1F. The van der Waals surface area contributed by atoms with Crippen LogP contribution in [0.4, 0.5) is 8.78 Å². The highest BCUT2D eigenvalue weighted by Crippen LogP contribution is 2.35. The first-order valence-electron chi connectivity index (χ1n) is 6.49. The van der Waals surface area contributed by atoms with Gasteiger partial charge in [0.05, 0.1) is 0 Å². The normalized spacial score (nSPS) is 26.0. The van der Waals surface area contributed by atoms with Crippen LogP contribution in [0.1, 0.15) is 30.9 Å². The van der Waals surface area contributed by atoms with Gasteiger partial charge in [-0.2, -0.15) is 0 Å². The molecule has 1 heterocycles. The largest absolute Gasteiger partial charge is 0.330 e. The van der Waals surface area contributed by atoms with E-state index >= 15 is 0 Å². The Labute approximate surface area is 107 Å². The van der Waals surface area contributed by atoms with E-state index in [1.54, 1.807) is 12.1 Å². The van der Waals surface area contributed by atoms with Crippen LogP contribution in [0.25, 0.3) is 0 Å². The summed E-state index contributed by atoms with van der Waals surface area (Å²) < 4.78 is 27.3. The van der Waals surface area contributed by atoms with Gasteiger partial charge in [0.15, 0.2) is 11.6 Å². The Morgan fingerprint density at radius 2 is 2.11 bits per heavy atom. The second kappa shape index (κ2) is 5.76. The first-order chi connectivity index (χ1) is 8.65. The molecule has 0 spiro atoms. The zero-order valence-corrected chi connectivity index (χ0v) is 10.7. The second-order valence-electron chi connectivity index (χ2n) is 5.06. The molecule has 2 atom stereocenters. The lowest BCUT2D eigenvalue weighted by atomic mass is 9.89. The van der Waals surface area contributed by atoms with E-state index in [1.807, 2.05) is 7.05 Å². The molecule has 100 valence electrons. The summed E-state index contributed by atoms with van der Waals surface area (Å²) in [5, 5.41) is 0. The first kappa shape index (κ1) is 13.4. The predicted molar refractivity (Wildman–Crippen MR) is 68.1 cm³/mol. The minimum Gasteiger partial charge on any atom is -0.330 e. The Balaban J connectivity index is 2.39. The highest BCUT2D eigenvalue weighted by atomic mass is 19.2. The van der Waals surface area contributed by atoms with Crippen LogP contribution < -0.4 is 5.73 Å². The zero-order chi connectivity index (χ0) is 13.1. The van der Waals surface area contributed by atoms with E-state index in [4.69, 9.17) is 5.73 Å². The van der Waals surface area contributed by atoms with Crippen molar-refractivity contribution in [2.45, 2.75) is 25.3 Å². The van der Waals surface area contributed by atoms with Crippen LogP contribution in [0.2, 0.25) is 0 Å². The molecule has 2 N–H and O–H groups in total. The van der Waals surface area contributed by atoms with Gasteiger partial charge >= 0.3 is 0 Å². The Morgan fingerprint density at radius 3 is 2.83 bits per heavy atom. The summed E-state index contributed by atoms with van der Waals surface area (Å²) >= 11 is 0. The highest BCUT2D eigenvalue weighted by molar-refractivity contribution is 5.23. The van der Waals surface area contributed by atoms with Gasteiger partial charge in [-0.25, -0.2) is 8.78 Å². The van der Waals surface area contributed by atoms with Gasteiger partial charge < -0.3 is 5.73 Å². The van der Waals surface area contributed by atoms with Crippen molar-refractivity contribution in [2.24, 2.45) is 11.7 Å². The molecule has 0 aliphatic carbocycles. The van der Waals surface area contributed by atoms with Gasteiger partial charge in [-0.15, -0.1) is 0 Å². The van der Waals surface area contributed by atoms with Crippen molar-refractivity contribution in [1.82, 2.24) is 4.90 Å². The van der Waals surface area contributed by atoms with Crippen molar-refractivity contribution in [2.75, 3.05) is 20.1 Å². The van der Waals surface area contributed by atoms with Crippen molar-refractivity contribution < 1.29 is 8.78 Å². The van der Waals surface area contributed by atoms with Crippen LogP contribution in [0.15, 0.2) is 18.2 Å². The van der Waals surface area contributed by atoms with E-state index < -0.39 is 11.6 Å². The number of hydrogen-bond donors (Lipinski definition) is 1. The van der Waals surface area contributed by atoms with Crippen molar-refractivity contribution in [3.8, 4) is 0 Å². The maximum absolute atomic E-state index is 14.0. The van der Waals surface area contributed by atoms with Crippen LogP contribution in [-0.2, 0) is 0 Å². The monoisotopic (exact) mass is 254 g/mol. The molecule has 2 rings (SSSR count). The van der Waals surface area contributed by atoms with Crippen molar-refractivity contribution in [3.63, 3.8) is 0 Å². The Kier molecular flexibility index (Phi) is 4.30. The molecule has 18 heavy (non-hydrogen) atoms. The number of nitrogens with zero attached hydrogens (tertiary/aromatic N) is 1. The number of halogens is 2. The molecule has 0 bridgehead atoms. The average molecular weight is 254 g/mol. The van der Waals surface area contributed by atoms with Crippen LogP contribution in [0, 0.1) is 17.6 Å². The molecule has 2 nitrogen and oxygen atoms in total. The van der Waals surface area contributed by atoms with Crippen LogP contribution in [0.3, 0.4) is 0 Å². The quantitative estimate of drug-likeness (QED) is 0.879. The van der Waals surface area contributed by atoms with Crippen LogP contribution in [0.5, 0.6) is 0 Å². The summed E-state index contributed by atoms with van der Waals surface area (Å²) in [5.41, 5.74) is 6.25. The van der Waals surface area contributed by atoms with Crippen molar-refractivity contribution in [1.29, 1.82) is 0 Å². The molecule has 1 aliphatic heterocycles. The van der Waals surface area contributed by atoms with E-state index in [2.05, 4.69) is 4.90 Å². The van der Waals surface area contributed by atoms with Gasteiger partial charge in [-0.1, -0.05) is 18.6 Å². The van der Waals surface area contributed by atoms with E-state index in [9.17, 15) is 8.78 Å². The number of nitrogens with two attached hydrogens (primary N) is 1. The summed E-state index contributed by atoms with van der Waals surface area (Å²) in [6.07, 6.45) is 3.15. The van der Waals surface area contributed by atoms with E-state index in [1.165, 1.54) is 0 Å². The van der Waals surface area contributed by atoms with Gasteiger partial charge in [0.2, 0.25) is 0 Å². The lowest BCUT2D eigenvalue weighted by Crippen LogP contribution is -2.33. The number of likely N-dealkylation sites (tertiary alicyclic amines) is 1. The molecule has 1 aromatic rings. The second-order valence-corrected chi connectivity index (χ2v) is 5.06. The van der Waals surface area contributed by atoms with E-state index in [-0.39, 0.29) is 12.0 Å². The Hall–Kier alpha value is -1.00. The average Bonchev–Trinajstić information content (AvgIpc) is 2.54. The van der Waals surface area contributed by atoms with Gasteiger partial charge in [0, 0.05) is 11.6 Å². The molecule has 0 saturated carbocycles. The molecule has 2 unspecified atom stereocenters. The molecule has 1 aromatic carbocycles. The minimum absolute atomic E-state index is 0.117. The molecular weight excluding hydrogens is 234 g/mol. The summed E-state index contributed by atoms with van der Waals surface area (Å²) in [5.74, 6) is -1.32. The third-order valence-corrected chi connectivity index (χ3v) is 3.86. The van der Waals surface area contributed by atoms with Crippen molar-refractivity contribution in [3.05, 3.63) is 35.4 Å². The fourth-order valence-electron chi connectivity index (χ4n) is 2.91. The molecule has 4 heteroatoms. The summed E-state index contributed by atoms with van der Waals surface area (Å²) in [6.45, 7) is 1.40. The topological polar surface area (TPSA) is 29.3 Å². The van der Waals surface area contributed by atoms with Crippen LogP contribution in [-0.4, -0.2) is 25.0 Å². The van der Waals surface area contributed by atoms with Gasteiger partial charge in [-0.05, 0) is 45.0 Å². The molecule has 1 saturated heterocycles. The molecule has 1 fully saturated rings. The number of benzene rings is 1. The fourth-order valence-corrected chi connectivity index (χ4v) is 2.91. The molecule has 1 aliphatic rings. The zero-order valence-electron chi connectivity index (χ0n) is 10.7. The van der Waals surface area contributed by atoms with Gasteiger partial charge in [0.1, 0.15) is 0 Å². The third-order valence-electron chi connectivity index (χ3n) is 3.86. The summed E-state index contributed by atoms with van der Waals surface area (Å²) in [6, 6.07) is 4.29. The molecule has 0 amide bonds. The highest BCUT2D eigenvalue weighted by Gasteiger charge is 2.30. The maximum atomic E-state index is 14.0. The first-order valence-corrected chi connectivity index (χ1v) is 6.49. The van der Waals surface area contributed by atoms with E-state index in [0.717, 1.165) is 31.9 Å². The predicted octanol–water partition coefficient (Wildman–Crippen LogP) is 2.70. The smallest absolute Gasteiger partial charge is 0.163 e. The Bertz CT molecular complexity index is 409. The summed E-state index contributed by atoms with van der Waals surface area (Å²) in [7, 11) is 1.96. The lowest BCUT2D eigenvalue weighted by Gasteiger charge is -2.32. The Morgan fingerprint density at radius 1 is 1.33 bits per heavy atom. The molecule has 0 aromatic heterocycles. The maximum Gasteiger partial charge on any atom is 0.163 e. The van der Waals surface area contributed by atoms with Crippen molar-refractivity contribution >= 4 is 0 Å². The van der Waals surface area contributed by atoms with Gasteiger partial charge in [0.25, 0.3) is 0 Å². The van der Waals surface area contributed by atoms with Gasteiger partial charge in [-0.3, -0.25) is 4.90 Å². The molecule has 0 radical (unpaired) electrons. The van der Waals surface area contributed by atoms with E-state index in [0.29, 0.717) is 12.1 Å². The summed E-state index contributed by atoms with van der Waals surface area (Å²) in [4.78, 5) is 2.10. The molecular formula is C14H20F2N2. The fraction of sp³-hybridized carbons (Fsp3) is 0.571. The number of hydrogen-bond acceptors (Lipinski definition) is 2. The minimum atomic E-state index is -0.777. The lowest BCUT2D eigenvalue weighted by molar-refractivity contribution is 0.190. The third kappa shape index (κ3) is 2.54. The standard InChI is InChI=1S/C14H20F2N2/c1-18-8-3-2-5-10(9-17)14(18)11-6-4-7-12(15)13(11)16/h4,6-7,10,14H,2-3,5,8-9,17H2,1H3.